The first-order chi connectivity index (χ1) is 10.2. The van der Waals surface area contributed by atoms with Gasteiger partial charge in [0, 0.05) is 12.6 Å². The van der Waals surface area contributed by atoms with Gasteiger partial charge in [-0.25, -0.2) is 9.67 Å². The Kier molecular flexibility index (Phi) is 5.75. The van der Waals surface area contributed by atoms with E-state index in [2.05, 4.69) is 36.1 Å². The van der Waals surface area contributed by atoms with Gasteiger partial charge in [-0.2, -0.15) is 5.10 Å². The van der Waals surface area contributed by atoms with Crippen molar-refractivity contribution in [3.05, 3.63) is 42.0 Å². The molecule has 5 heteroatoms. The molecule has 2 rings (SSSR count). The fourth-order valence-electron chi connectivity index (χ4n) is 2.12. The zero-order valence-corrected chi connectivity index (χ0v) is 12.8. The molecule has 0 aliphatic heterocycles. The second-order valence-corrected chi connectivity index (χ2v) is 5.20. The number of nitrogens with zero attached hydrogens (tertiary/aromatic N) is 3. The lowest BCUT2D eigenvalue weighted by Crippen LogP contribution is -2.21. The topological polar surface area (TPSA) is 66.0 Å². The molecule has 0 saturated carbocycles. The number of hydrogen-bond acceptors (Lipinski definition) is 4. The Bertz CT molecular complexity index is 535. The molecule has 21 heavy (non-hydrogen) atoms. The van der Waals surface area contributed by atoms with Crippen molar-refractivity contribution in [3.63, 3.8) is 0 Å². The van der Waals surface area contributed by atoms with Crippen LogP contribution in [0.2, 0.25) is 0 Å². The van der Waals surface area contributed by atoms with Crippen molar-refractivity contribution in [1.82, 2.24) is 14.8 Å². The van der Waals surface area contributed by atoms with E-state index in [1.165, 1.54) is 5.56 Å². The van der Waals surface area contributed by atoms with E-state index in [1.54, 1.807) is 6.33 Å². The molecule has 1 heterocycles. The largest absolute Gasteiger partial charge is 0.486 e. The molecular formula is C16H24N4O. The highest BCUT2D eigenvalue weighted by Gasteiger charge is 2.05. The van der Waals surface area contributed by atoms with E-state index in [0.29, 0.717) is 6.61 Å². The Morgan fingerprint density at radius 1 is 1.24 bits per heavy atom. The summed E-state index contributed by atoms with van der Waals surface area (Å²) in [5.41, 5.74) is 7.20. The third-order valence-electron chi connectivity index (χ3n) is 3.44. The summed E-state index contributed by atoms with van der Waals surface area (Å²) >= 11 is 0. The summed E-state index contributed by atoms with van der Waals surface area (Å²) in [4.78, 5) is 4.23. The second-order valence-electron chi connectivity index (χ2n) is 5.20. The van der Waals surface area contributed by atoms with E-state index in [9.17, 15) is 0 Å². The fourth-order valence-corrected chi connectivity index (χ4v) is 2.12. The number of rotatable bonds is 8. The van der Waals surface area contributed by atoms with Crippen LogP contribution in [0.5, 0.6) is 5.75 Å². The Hall–Kier alpha value is -1.88. The molecule has 1 aromatic carbocycles. The average Bonchev–Trinajstić information content (AvgIpc) is 2.94. The Labute approximate surface area is 126 Å². The first-order valence-electron chi connectivity index (χ1n) is 7.57. The van der Waals surface area contributed by atoms with Gasteiger partial charge in [0.05, 0.1) is 0 Å². The molecule has 2 N–H and O–H groups in total. The zero-order valence-electron chi connectivity index (χ0n) is 12.8. The standard InChI is InChI=1S/C16H24N4O/c1-3-9-20-16(18-12-19-20)11-21-15-7-5-13(6-8-15)10-14(17)4-2/h5-8,12,14H,3-4,9-11,17H2,1-2H3. The van der Waals surface area contributed by atoms with Gasteiger partial charge in [-0.15, -0.1) is 0 Å². The van der Waals surface area contributed by atoms with Crippen molar-refractivity contribution in [1.29, 1.82) is 0 Å². The van der Waals surface area contributed by atoms with E-state index >= 15 is 0 Å². The Balaban J connectivity index is 1.90. The molecule has 0 fully saturated rings. The van der Waals surface area contributed by atoms with Crippen molar-refractivity contribution >= 4 is 0 Å². The Morgan fingerprint density at radius 2 is 2.00 bits per heavy atom. The van der Waals surface area contributed by atoms with Crippen LogP contribution in [0.1, 0.15) is 38.1 Å². The molecule has 114 valence electrons. The molecular weight excluding hydrogens is 264 g/mol. The Morgan fingerprint density at radius 3 is 2.67 bits per heavy atom. The van der Waals surface area contributed by atoms with Gasteiger partial charge in [0.15, 0.2) is 5.82 Å². The summed E-state index contributed by atoms with van der Waals surface area (Å²) in [6.07, 6.45) is 4.50. The first kappa shape index (κ1) is 15.5. The number of hydrogen-bond donors (Lipinski definition) is 1. The van der Waals surface area contributed by atoms with Crippen molar-refractivity contribution in [3.8, 4) is 5.75 Å². The molecule has 2 aromatic rings. The lowest BCUT2D eigenvalue weighted by atomic mass is 10.0. The van der Waals surface area contributed by atoms with Crippen molar-refractivity contribution in [2.45, 2.75) is 52.3 Å². The van der Waals surface area contributed by atoms with Gasteiger partial charge in [0.1, 0.15) is 18.7 Å². The van der Waals surface area contributed by atoms with E-state index in [0.717, 1.165) is 37.4 Å². The summed E-state index contributed by atoms with van der Waals surface area (Å²) in [7, 11) is 0. The monoisotopic (exact) mass is 288 g/mol. The lowest BCUT2D eigenvalue weighted by Gasteiger charge is -2.10. The van der Waals surface area contributed by atoms with Gasteiger partial charge in [-0.3, -0.25) is 0 Å². The number of aryl methyl sites for hydroxylation is 1. The van der Waals surface area contributed by atoms with Crippen LogP contribution in [0.15, 0.2) is 30.6 Å². The average molecular weight is 288 g/mol. The number of benzene rings is 1. The molecule has 0 amide bonds. The molecule has 0 radical (unpaired) electrons. The second kappa shape index (κ2) is 7.78. The summed E-state index contributed by atoms with van der Waals surface area (Å²) in [5, 5.41) is 4.19. The zero-order chi connectivity index (χ0) is 15.1. The summed E-state index contributed by atoms with van der Waals surface area (Å²) in [6.45, 7) is 5.53. The van der Waals surface area contributed by atoms with Crippen molar-refractivity contribution in [2.75, 3.05) is 0 Å². The highest BCUT2D eigenvalue weighted by molar-refractivity contribution is 5.27. The van der Waals surface area contributed by atoms with Crippen LogP contribution in [0, 0.1) is 0 Å². The van der Waals surface area contributed by atoms with Crippen LogP contribution in [-0.2, 0) is 19.6 Å². The van der Waals surface area contributed by atoms with Crippen LogP contribution < -0.4 is 10.5 Å². The van der Waals surface area contributed by atoms with Crippen LogP contribution >= 0.6 is 0 Å². The predicted molar refractivity (Wildman–Crippen MR) is 83.1 cm³/mol. The molecule has 5 nitrogen and oxygen atoms in total. The molecule has 0 aliphatic rings. The molecule has 1 atom stereocenters. The summed E-state index contributed by atoms with van der Waals surface area (Å²) in [5.74, 6) is 1.70. The minimum atomic E-state index is 0.226. The van der Waals surface area contributed by atoms with Crippen molar-refractivity contribution in [2.24, 2.45) is 5.73 Å². The van der Waals surface area contributed by atoms with E-state index in [4.69, 9.17) is 10.5 Å². The van der Waals surface area contributed by atoms with Crippen LogP contribution in [-0.4, -0.2) is 20.8 Å². The van der Waals surface area contributed by atoms with Gasteiger partial charge in [-0.05, 0) is 37.0 Å². The van der Waals surface area contributed by atoms with Gasteiger partial charge < -0.3 is 10.5 Å². The molecule has 0 bridgehead atoms. The van der Waals surface area contributed by atoms with Gasteiger partial charge >= 0.3 is 0 Å². The molecule has 0 spiro atoms. The van der Waals surface area contributed by atoms with Gasteiger partial charge in [0.25, 0.3) is 0 Å². The quantitative estimate of drug-likeness (QED) is 0.810. The molecule has 0 aliphatic carbocycles. The van der Waals surface area contributed by atoms with Crippen molar-refractivity contribution < 1.29 is 4.74 Å². The third-order valence-corrected chi connectivity index (χ3v) is 3.44. The summed E-state index contributed by atoms with van der Waals surface area (Å²) < 4.78 is 7.65. The minimum absolute atomic E-state index is 0.226. The maximum Gasteiger partial charge on any atom is 0.164 e. The maximum atomic E-state index is 5.96. The predicted octanol–water partition coefficient (Wildman–Crippen LogP) is 2.55. The highest BCUT2D eigenvalue weighted by Crippen LogP contribution is 2.15. The third kappa shape index (κ3) is 4.56. The maximum absolute atomic E-state index is 5.96. The molecule has 1 unspecified atom stereocenters. The summed E-state index contributed by atoms with van der Waals surface area (Å²) in [6, 6.07) is 8.34. The number of ether oxygens (including phenoxy) is 1. The van der Waals surface area contributed by atoms with E-state index < -0.39 is 0 Å². The SMILES string of the molecule is CCCn1ncnc1COc1ccc(CC(N)CC)cc1. The van der Waals surface area contributed by atoms with E-state index in [-0.39, 0.29) is 6.04 Å². The van der Waals surface area contributed by atoms with Gasteiger partial charge in [0.2, 0.25) is 0 Å². The highest BCUT2D eigenvalue weighted by atomic mass is 16.5. The number of aromatic nitrogens is 3. The molecule has 0 saturated heterocycles. The normalized spacial score (nSPS) is 12.3. The van der Waals surface area contributed by atoms with E-state index in [1.807, 2.05) is 16.8 Å². The minimum Gasteiger partial charge on any atom is -0.486 e. The van der Waals surface area contributed by atoms with Gasteiger partial charge in [-0.1, -0.05) is 26.0 Å². The fraction of sp³-hybridized carbons (Fsp3) is 0.500. The first-order valence-corrected chi connectivity index (χ1v) is 7.57. The number of nitrogens with two attached hydrogens (primary N) is 1. The van der Waals surface area contributed by atoms with Crippen LogP contribution in [0.25, 0.3) is 0 Å². The smallest absolute Gasteiger partial charge is 0.164 e. The van der Waals surface area contributed by atoms with Crippen LogP contribution in [0.3, 0.4) is 0 Å². The van der Waals surface area contributed by atoms with Crippen LogP contribution in [0.4, 0.5) is 0 Å². The lowest BCUT2D eigenvalue weighted by molar-refractivity contribution is 0.286. The molecule has 1 aromatic heterocycles.